The number of nitrogens with zero attached hydrogens (tertiary/aromatic N) is 1. The number of amides is 2. The molecule has 0 saturated heterocycles. The number of nitro groups is 1. The second-order valence-electron chi connectivity index (χ2n) is 8.15. The number of halogens is 1. The lowest BCUT2D eigenvalue weighted by molar-refractivity contribution is -0.384. The zero-order chi connectivity index (χ0) is 17.6. The van der Waals surface area contributed by atoms with E-state index < -0.39 is 4.92 Å². The van der Waals surface area contributed by atoms with E-state index in [0.29, 0.717) is 12.2 Å². The van der Waals surface area contributed by atoms with Crippen LogP contribution in [0.25, 0.3) is 0 Å². The van der Waals surface area contributed by atoms with Crippen molar-refractivity contribution in [1.29, 1.82) is 0 Å². The summed E-state index contributed by atoms with van der Waals surface area (Å²) in [5, 5.41) is 16.7. The third-order valence-corrected chi connectivity index (χ3v) is 6.51. The molecule has 25 heavy (non-hydrogen) atoms. The van der Waals surface area contributed by atoms with Gasteiger partial charge in [0.15, 0.2) is 0 Å². The number of urea groups is 1. The first-order valence-corrected chi connectivity index (χ1v) is 9.29. The number of anilines is 1. The molecule has 0 aromatic heterocycles. The van der Waals surface area contributed by atoms with Crippen molar-refractivity contribution in [2.75, 3.05) is 11.9 Å². The zero-order valence-electron chi connectivity index (χ0n) is 14.0. The minimum atomic E-state index is -0.555. The van der Waals surface area contributed by atoms with Crippen molar-refractivity contribution in [1.82, 2.24) is 5.32 Å². The van der Waals surface area contributed by atoms with Crippen LogP contribution in [0.5, 0.6) is 0 Å². The molecule has 0 unspecified atom stereocenters. The van der Waals surface area contributed by atoms with Gasteiger partial charge in [0.05, 0.1) is 4.92 Å². The van der Waals surface area contributed by atoms with Gasteiger partial charge in [-0.1, -0.05) is 11.6 Å². The SMILES string of the molecule is O=C(NCC12CC3CC(CC(C3)C1)C2)Nc1ccc(Cl)c([N+](=O)[O-])c1. The van der Waals surface area contributed by atoms with Crippen LogP contribution < -0.4 is 10.6 Å². The van der Waals surface area contributed by atoms with Gasteiger partial charge >= 0.3 is 6.03 Å². The number of nitrogens with one attached hydrogen (secondary N) is 2. The van der Waals surface area contributed by atoms with Crippen LogP contribution in [-0.2, 0) is 0 Å². The fourth-order valence-corrected chi connectivity index (χ4v) is 5.87. The Morgan fingerprint density at radius 3 is 2.36 bits per heavy atom. The van der Waals surface area contributed by atoms with E-state index in [4.69, 9.17) is 11.6 Å². The predicted octanol–water partition coefficient (Wildman–Crippen LogP) is 4.59. The molecule has 0 aliphatic heterocycles. The molecule has 134 valence electrons. The topological polar surface area (TPSA) is 84.3 Å². The monoisotopic (exact) mass is 363 g/mol. The minimum absolute atomic E-state index is 0.0597. The van der Waals surface area contributed by atoms with Crippen LogP contribution >= 0.6 is 11.6 Å². The van der Waals surface area contributed by atoms with E-state index in [2.05, 4.69) is 10.6 Å². The number of nitro benzene ring substituents is 1. The normalized spacial score (nSPS) is 32.4. The van der Waals surface area contributed by atoms with Gasteiger partial charge in [0.2, 0.25) is 0 Å². The minimum Gasteiger partial charge on any atom is -0.337 e. The maximum Gasteiger partial charge on any atom is 0.319 e. The van der Waals surface area contributed by atoms with E-state index in [1.54, 1.807) is 6.07 Å². The van der Waals surface area contributed by atoms with Crippen LogP contribution in [0.2, 0.25) is 5.02 Å². The van der Waals surface area contributed by atoms with E-state index in [9.17, 15) is 14.9 Å². The van der Waals surface area contributed by atoms with Crippen LogP contribution in [0, 0.1) is 33.3 Å². The second kappa shape index (κ2) is 6.16. The van der Waals surface area contributed by atoms with Crippen molar-refractivity contribution in [3.05, 3.63) is 33.3 Å². The van der Waals surface area contributed by atoms with Gasteiger partial charge in [0, 0.05) is 18.3 Å². The lowest BCUT2D eigenvalue weighted by Gasteiger charge is -2.56. The number of carbonyl (C=O) groups excluding carboxylic acids is 1. The molecule has 2 N–H and O–H groups in total. The van der Waals surface area contributed by atoms with Crippen LogP contribution in [0.15, 0.2) is 18.2 Å². The summed E-state index contributed by atoms with van der Waals surface area (Å²) in [6, 6.07) is 3.97. The van der Waals surface area contributed by atoms with Crippen molar-refractivity contribution in [2.45, 2.75) is 38.5 Å². The first kappa shape index (κ1) is 16.6. The van der Waals surface area contributed by atoms with E-state index in [-0.39, 0.29) is 22.2 Å². The fourth-order valence-electron chi connectivity index (χ4n) is 5.68. The number of rotatable bonds is 4. The van der Waals surface area contributed by atoms with Crippen molar-refractivity contribution in [3.8, 4) is 0 Å². The van der Waals surface area contributed by atoms with E-state index in [0.717, 1.165) is 17.8 Å². The summed E-state index contributed by atoms with van der Waals surface area (Å²) in [6.07, 6.45) is 7.81. The molecule has 5 rings (SSSR count). The van der Waals surface area contributed by atoms with Crippen LogP contribution in [-0.4, -0.2) is 17.5 Å². The van der Waals surface area contributed by atoms with Gasteiger partial charge in [0.1, 0.15) is 5.02 Å². The second-order valence-corrected chi connectivity index (χ2v) is 8.56. The largest absolute Gasteiger partial charge is 0.337 e. The quantitative estimate of drug-likeness (QED) is 0.606. The molecule has 0 radical (unpaired) electrons. The molecular formula is C18H22ClN3O3. The van der Waals surface area contributed by atoms with E-state index >= 15 is 0 Å². The Morgan fingerprint density at radius 1 is 1.20 bits per heavy atom. The van der Waals surface area contributed by atoms with Crippen molar-refractivity contribution in [3.63, 3.8) is 0 Å². The Bertz CT molecular complexity index is 686. The molecule has 4 aliphatic carbocycles. The fraction of sp³-hybridized carbons (Fsp3) is 0.611. The molecule has 2 amide bonds. The predicted molar refractivity (Wildman–Crippen MR) is 95.7 cm³/mol. The Morgan fingerprint density at radius 2 is 1.80 bits per heavy atom. The van der Waals surface area contributed by atoms with Gasteiger partial charge in [-0.15, -0.1) is 0 Å². The number of hydrogen-bond donors (Lipinski definition) is 2. The number of carbonyl (C=O) groups is 1. The van der Waals surface area contributed by atoms with Gasteiger partial charge in [-0.3, -0.25) is 10.1 Å². The van der Waals surface area contributed by atoms with Crippen LogP contribution in [0.4, 0.5) is 16.2 Å². The first-order chi connectivity index (χ1) is 11.9. The average molecular weight is 364 g/mol. The van der Waals surface area contributed by atoms with Gasteiger partial charge in [-0.05, 0) is 73.8 Å². The molecule has 4 aliphatic rings. The van der Waals surface area contributed by atoms with Crippen molar-refractivity contribution in [2.24, 2.45) is 23.2 Å². The summed E-state index contributed by atoms with van der Waals surface area (Å²) < 4.78 is 0. The highest BCUT2D eigenvalue weighted by Gasteiger charge is 2.50. The third-order valence-electron chi connectivity index (χ3n) is 6.19. The summed E-state index contributed by atoms with van der Waals surface area (Å²) in [7, 11) is 0. The number of benzene rings is 1. The van der Waals surface area contributed by atoms with Crippen LogP contribution in [0.3, 0.4) is 0 Å². The Kier molecular flexibility index (Phi) is 4.10. The lowest BCUT2D eigenvalue weighted by Crippen LogP contribution is -2.51. The lowest BCUT2D eigenvalue weighted by atomic mass is 9.49. The molecule has 7 heteroatoms. The van der Waals surface area contributed by atoms with E-state index in [1.807, 2.05) is 0 Å². The summed E-state index contributed by atoms with van der Waals surface area (Å²) in [5.41, 5.74) is 0.428. The van der Waals surface area contributed by atoms with Gasteiger partial charge in [-0.25, -0.2) is 4.79 Å². The molecular weight excluding hydrogens is 342 g/mol. The summed E-state index contributed by atoms with van der Waals surface area (Å²) in [4.78, 5) is 22.6. The zero-order valence-corrected chi connectivity index (χ0v) is 14.7. The molecule has 6 nitrogen and oxygen atoms in total. The summed E-state index contributed by atoms with van der Waals surface area (Å²) in [6.45, 7) is 0.692. The maximum absolute atomic E-state index is 12.2. The molecule has 1 aromatic rings. The highest BCUT2D eigenvalue weighted by molar-refractivity contribution is 6.32. The van der Waals surface area contributed by atoms with Gasteiger partial charge in [0.25, 0.3) is 5.69 Å². The Balaban J connectivity index is 1.37. The first-order valence-electron chi connectivity index (χ1n) is 8.91. The molecule has 1 aromatic carbocycles. The smallest absolute Gasteiger partial charge is 0.319 e. The maximum atomic E-state index is 12.2. The van der Waals surface area contributed by atoms with Gasteiger partial charge in [-0.2, -0.15) is 0 Å². The molecule has 0 atom stereocenters. The average Bonchev–Trinajstić information content (AvgIpc) is 2.53. The van der Waals surface area contributed by atoms with E-state index in [1.165, 1.54) is 50.7 Å². The third kappa shape index (κ3) is 3.32. The Labute approximate surface area is 151 Å². The van der Waals surface area contributed by atoms with Crippen molar-refractivity contribution < 1.29 is 9.72 Å². The Hall–Kier alpha value is -1.82. The molecule has 4 fully saturated rings. The molecule has 4 saturated carbocycles. The standard InChI is InChI=1S/C18H22ClN3O3/c19-15-2-1-14(6-16(15)22(24)25)21-17(23)20-10-18-7-11-3-12(8-18)5-13(4-11)9-18/h1-2,6,11-13H,3-5,7-10H2,(H2,20,21,23). The summed E-state index contributed by atoms with van der Waals surface area (Å²) in [5.74, 6) is 2.53. The number of hydrogen-bond acceptors (Lipinski definition) is 3. The van der Waals surface area contributed by atoms with Crippen molar-refractivity contribution >= 4 is 29.0 Å². The van der Waals surface area contributed by atoms with Crippen LogP contribution in [0.1, 0.15) is 38.5 Å². The molecule has 4 bridgehead atoms. The molecule has 0 heterocycles. The molecule has 0 spiro atoms. The van der Waals surface area contributed by atoms with Gasteiger partial charge < -0.3 is 10.6 Å². The summed E-state index contributed by atoms with van der Waals surface area (Å²) >= 11 is 5.80. The highest BCUT2D eigenvalue weighted by atomic mass is 35.5. The highest BCUT2D eigenvalue weighted by Crippen LogP contribution is 2.59.